The van der Waals surface area contributed by atoms with Crippen molar-refractivity contribution in [2.45, 2.75) is 20.4 Å². The molecule has 0 aliphatic carbocycles. The highest BCUT2D eigenvalue weighted by Gasteiger charge is 2.00. The Morgan fingerprint density at radius 3 is 2.75 bits per heavy atom. The third-order valence-corrected chi connectivity index (χ3v) is 2.59. The van der Waals surface area contributed by atoms with Crippen molar-refractivity contribution >= 4 is 5.82 Å². The number of aromatic nitrogens is 2. The summed E-state index contributed by atoms with van der Waals surface area (Å²) in [4.78, 5) is 8.37. The van der Waals surface area contributed by atoms with Crippen LogP contribution < -0.4 is 5.32 Å². The second kappa shape index (κ2) is 4.75. The minimum Gasteiger partial charge on any atom is -0.366 e. The van der Waals surface area contributed by atoms with E-state index in [1.807, 2.05) is 24.5 Å². The number of anilines is 1. The first-order chi connectivity index (χ1) is 7.77. The summed E-state index contributed by atoms with van der Waals surface area (Å²) in [6.45, 7) is 4.90. The Morgan fingerprint density at radius 2 is 2.00 bits per heavy atom. The molecular formula is C13H15N3. The predicted molar refractivity (Wildman–Crippen MR) is 65.3 cm³/mol. The molecule has 0 saturated heterocycles. The second-order valence-corrected chi connectivity index (χ2v) is 3.82. The van der Waals surface area contributed by atoms with E-state index in [1.165, 1.54) is 11.1 Å². The van der Waals surface area contributed by atoms with Gasteiger partial charge < -0.3 is 5.32 Å². The van der Waals surface area contributed by atoms with E-state index in [9.17, 15) is 0 Å². The smallest absolute Gasteiger partial charge is 0.129 e. The van der Waals surface area contributed by atoms with Crippen LogP contribution in [-0.4, -0.2) is 9.97 Å². The van der Waals surface area contributed by atoms with E-state index in [2.05, 4.69) is 35.2 Å². The summed E-state index contributed by atoms with van der Waals surface area (Å²) in [5, 5.41) is 3.33. The van der Waals surface area contributed by atoms with Gasteiger partial charge in [0.25, 0.3) is 0 Å². The summed E-state index contributed by atoms with van der Waals surface area (Å²) in [5.74, 6) is 0.943. The highest BCUT2D eigenvalue weighted by atomic mass is 15.0. The number of rotatable bonds is 3. The number of nitrogens with zero attached hydrogens (tertiary/aromatic N) is 2. The van der Waals surface area contributed by atoms with Gasteiger partial charge in [-0.1, -0.05) is 6.07 Å². The number of hydrogen-bond acceptors (Lipinski definition) is 3. The minimum absolute atomic E-state index is 0.784. The highest BCUT2D eigenvalue weighted by molar-refractivity contribution is 5.43. The molecule has 0 bridgehead atoms. The van der Waals surface area contributed by atoms with Gasteiger partial charge in [-0.2, -0.15) is 0 Å². The van der Waals surface area contributed by atoms with Gasteiger partial charge in [0.1, 0.15) is 5.82 Å². The summed E-state index contributed by atoms with van der Waals surface area (Å²) >= 11 is 0. The Kier molecular flexibility index (Phi) is 3.15. The van der Waals surface area contributed by atoms with Gasteiger partial charge in [0, 0.05) is 25.1 Å². The molecule has 2 heterocycles. The lowest BCUT2D eigenvalue weighted by Gasteiger charge is -2.09. The summed E-state index contributed by atoms with van der Waals surface area (Å²) in [6.07, 6.45) is 5.49. The second-order valence-electron chi connectivity index (χ2n) is 3.82. The van der Waals surface area contributed by atoms with Gasteiger partial charge in [-0.3, -0.25) is 4.98 Å². The van der Waals surface area contributed by atoms with Crippen LogP contribution in [0.4, 0.5) is 5.82 Å². The van der Waals surface area contributed by atoms with Crippen molar-refractivity contribution in [1.29, 1.82) is 0 Å². The van der Waals surface area contributed by atoms with Crippen molar-refractivity contribution in [3.63, 3.8) is 0 Å². The molecule has 1 N–H and O–H groups in total. The lowest BCUT2D eigenvalue weighted by atomic mass is 10.1. The topological polar surface area (TPSA) is 37.8 Å². The Hall–Kier alpha value is -1.90. The average molecular weight is 213 g/mol. The van der Waals surface area contributed by atoms with E-state index in [4.69, 9.17) is 0 Å². The van der Waals surface area contributed by atoms with Crippen LogP contribution in [-0.2, 0) is 6.54 Å². The molecule has 0 spiro atoms. The molecule has 0 saturated carbocycles. The Morgan fingerprint density at radius 1 is 1.12 bits per heavy atom. The first-order valence-corrected chi connectivity index (χ1v) is 5.32. The van der Waals surface area contributed by atoms with Crippen LogP contribution in [0.5, 0.6) is 0 Å². The van der Waals surface area contributed by atoms with E-state index in [0.717, 1.165) is 17.9 Å². The predicted octanol–water partition coefficient (Wildman–Crippen LogP) is 2.71. The summed E-state index contributed by atoms with van der Waals surface area (Å²) < 4.78 is 0. The molecular weight excluding hydrogens is 198 g/mol. The lowest BCUT2D eigenvalue weighted by Crippen LogP contribution is -2.04. The van der Waals surface area contributed by atoms with Crippen molar-refractivity contribution in [2.24, 2.45) is 0 Å². The van der Waals surface area contributed by atoms with Gasteiger partial charge >= 0.3 is 0 Å². The molecule has 2 rings (SSSR count). The standard InChI is InChI=1S/C13H15N3/c1-10-4-3-6-15-13(10)16-9-12-5-7-14-8-11(12)2/h3-8H,9H2,1-2H3,(H,15,16). The maximum atomic E-state index is 4.30. The van der Waals surface area contributed by atoms with Gasteiger partial charge in [-0.25, -0.2) is 4.98 Å². The zero-order chi connectivity index (χ0) is 11.4. The molecule has 3 nitrogen and oxygen atoms in total. The molecule has 0 atom stereocenters. The molecule has 3 heteroatoms. The number of aryl methyl sites for hydroxylation is 2. The van der Waals surface area contributed by atoms with E-state index >= 15 is 0 Å². The number of hydrogen-bond donors (Lipinski definition) is 1. The molecule has 0 aliphatic rings. The van der Waals surface area contributed by atoms with Gasteiger partial charge in [0.05, 0.1) is 0 Å². The van der Waals surface area contributed by atoms with Crippen LogP contribution in [0.3, 0.4) is 0 Å². The molecule has 0 aromatic carbocycles. The van der Waals surface area contributed by atoms with Crippen molar-refractivity contribution in [3.8, 4) is 0 Å². The first kappa shape index (κ1) is 10.6. The van der Waals surface area contributed by atoms with Gasteiger partial charge in [-0.05, 0) is 42.7 Å². The summed E-state index contributed by atoms with van der Waals surface area (Å²) in [6, 6.07) is 6.02. The molecule has 0 fully saturated rings. The molecule has 82 valence electrons. The monoisotopic (exact) mass is 213 g/mol. The van der Waals surface area contributed by atoms with Crippen LogP contribution in [0.1, 0.15) is 16.7 Å². The average Bonchev–Trinajstić information content (AvgIpc) is 2.30. The van der Waals surface area contributed by atoms with Gasteiger partial charge in [0.2, 0.25) is 0 Å². The number of pyridine rings is 2. The Balaban J connectivity index is 2.09. The molecule has 0 amide bonds. The zero-order valence-corrected chi connectivity index (χ0v) is 9.57. The summed E-state index contributed by atoms with van der Waals surface area (Å²) in [5.41, 5.74) is 3.61. The molecule has 0 unspecified atom stereocenters. The van der Waals surface area contributed by atoms with Crippen molar-refractivity contribution < 1.29 is 0 Å². The quantitative estimate of drug-likeness (QED) is 0.851. The maximum Gasteiger partial charge on any atom is 0.129 e. The van der Waals surface area contributed by atoms with Crippen LogP contribution in [0.25, 0.3) is 0 Å². The van der Waals surface area contributed by atoms with Crippen LogP contribution in [0.2, 0.25) is 0 Å². The SMILES string of the molecule is Cc1cnccc1CNc1ncccc1C. The third kappa shape index (κ3) is 2.37. The normalized spacial score (nSPS) is 10.1. The lowest BCUT2D eigenvalue weighted by molar-refractivity contribution is 1.06. The largest absolute Gasteiger partial charge is 0.366 e. The van der Waals surface area contributed by atoms with E-state index in [0.29, 0.717) is 0 Å². The third-order valence-electron chi connectivity index (χ3n) is 2.59. The molecule has 16 heavy (non-hydrogen) atoms. The number of nitrogens with one attached hydrogen (secondary N) is 1. The highest BCUT2D eigenvalue weighted by Crippen LogP contribution is 2.12. The summed E-state index contributed by atoms with van der Waals surface area (Å²) in [7, 11) is 0. The van der Waals surface area contributed by atoms with Crippen molar-refractivity contribution in [1.82, 2.24) is 9.97 Å². The fourth-order valence-electron chi connectivity index (χ4n) is 1.55. The fraction of sp³-hybridized carbons (Fsp3) is 0.231. The van der Waals surface area contributed by atoms with Crippen molar-refractivity contribution in [3.05, 3.63) is 53.5 Å². The molecule has 2 aromatic heterocycles. The van der Waals surface area contributed by atoms with E-state index in [-0.39, 0.29) is 0 Å². The van der Waals surface area contributed by atoms with Crippen LogP contribution in [0.15, 0.2) is 36.8 Å². The Labute approximate surface area is 95.6 Å². The zero-order valence-electron chi connectivity index (χ0n) is 9.57. The van der Waals surface area contributed by atoms with E-state index in [1.54, 1.807) is 6.20 Å². The maximum absolute atomic E-state index is 4.30. The molecule has 0 aliphatic heterocycles. The van der Waals surface area contributed by atoms with Crippen LogP contribution in [0, 0.1) is 13.8 Å². The molecule has 2 aromatic rings. The fourth-order valence-corrected chi connectivity index (χ4v) is 1.55. The van der Waals surface area contributed by atoms with Crippen molar-refractivity contribution in [2.75, 3.05) is 5.32 Å². The first-order valence-electron chi connectivity index (χ1n) is 5.32. The van der Waals surface area contributed by atoms with Gasteiger partial charge in [0.15, 0.2) is 0 Å². The Bertz CT molecular complexity index is 435. The molecule has 0 radical (unpaired) electrons. The van der Waals surface area contributed by atoms with E-state index < -0.39 is 0 Å². The van der Waals surface area contributed by atoms with Crippen LogP contribution >= 0.6 is 0 Å². The van der Waals surface area contributed by atoms with Gasteiger partial charge in [-0.15, -0.1) is 0 Å². The minimum atomic E-state index is 0.784.